The molecule has 3 N–H and O–H groups in total. The highest BCUT2D eigenvalue weighted by molar-refractivity contribution is 7.79. The molecule has 0 aromatic carbocycles. The average molecular weight is 793 g/mol. The fourth-order valence-electron chi connectivity index (χ4n) is 5.22. The third kappa shape index (κ3) is 22.8. The Morgan fingerprint density at radius 2 is 1.60 bits per heavy atom. The van der Waals surface area contributed by atoms with Gasteiger partial charge in [-0.3, -0.25) is 4.99 Å². The van der Waals surface area contributed by atoms with E-state index in [9.17, 15) is 0 Å². The lowest BCUT2D eigenvalue weighted by atomic mass is 9.92. The van der Waals surface area contributed by atoms with Crippen LogP contribution < -0.4 is 16.0 Å². The van der Waals surface area contributed by atoms with Crippen LogP contribution in [0.25, 0.3) is 0 Å². The Labute approximate surface area is 357 Å². The molecule has 3 aliphatic carbocycles. The molecule has 2 bridgehead atoms. The summed E-state index contributed by atoms with van der Waals surface area (Å²) in [4.78, 5) is 4.60. The molecule has 0 fully saturated rings. The molecule has 0 aromatic rings. The van der Waals surface area contributed by atoms with Gasteiger partial charge in [0, 0.05) is 47.0 Å². The van der Waals surface area contributed by atoms with E-state index in [1.165, 1.54) is 28.0 Å². The van der Waals surface area contributed by atoms with Gasteiger partial charge in [0.1, 0.15) is 0 Å². The lowest BCUT2D eigenvalue weighted by Gasteiger charge is -2.25. The van der Waals surface area contributed by atoms with E-state index in [4.69, 9.17) is 0 Å². The van der Waals surface area contributed by atoms with Crippen molar-refractivity contribution in [3.05, 3.63) is 156 Å². The van der Waals surface area contributed by atoms with Gasteiger partial charge in [-0.2, -0.15) is 12.6 Å². The number of hydrogen-bond donors (Lipinski definition) is 4. The summed E-state index contributed by atoms with van der Waals surface area (Å²) in [7, 11) is 0. The molecule has 0 radical (unpaired) electrons. The molecule has 57 heavy (non-hydrogen) atoms. The smallest absolute Gasteiger partial charge is 0.0628 e. The van der Waals surface area contributed by atoms with Gasteiger partial charge in [0.05, 0.1) is 11.6 Å². The van der Waals surface area contributed by atoms with Crippen LogP contribution in [0.15, 0.2) is 161 Å². The highest BCUT2D eigenvalue weighted by atomic mass is 32.1. The first kappa shape index (κ1) is 54.7. The highest BCUT2D eigenvalue weighted by Crippen LogP contribution is 2.29. The number of hydrogen-bond acceptors (Lipinski definition) is 5. The minimum Gasteiger partial charge on any atom is -0.384 e. The summed E-state index contributed by atoms with van der Waals surface area (Å²) < 4.78 is 0. The minimum absolute atomic E-state index is 0.268. The minimum atomic E-state index is 0.268. The second kappa shape index (κ2) is 31.7. The number of nitrogens with zero attached hydrogens (tertiary/aromatic N) is 1. The van der Waals surface area contributed by atoms with Crippen LogP contribution in [0.3, 0.4) is 0 Å². The first-order chi connectivity index (χ1) is 27.1. The summed E-state index contributed by atoms with van der Waals surface area (Å²) in [5.41, 5.74) is 13.4. The van der Waals surface area contributed by atoms with Crippen LogP contribution in [0.5, 0.6) is 0 Å². The SMILES string of the molecule is C=C(C)C.C=C(CC=CC/C(C)=C(\C)NC1=CC(=CC)C1=C)CNC(=C)C(CC)=N/C(C)=C/C.C=CC1=C/C2C#CC(/C=C\1)C(NC(=C)C(C)C)CC2.CC.CS. The van der Waals surface area contributed by atoms with Gasteiger partial charge in [-0.05, 0) is 116 Å². The number of aliphatic imine (C=N–C) groups is 1. The van der Waals surface area contributed by atoms with Crippen molar-refractivity contribution in [3.8, 4) is 11.8 Å². The molecule has 0 spiro atoms. The molecular formula is C52H80N4S. The molecule has 0 saturated carbocycles. The van der Waals surface area contributed by atoms with Crippen LogP contribution in [-0.4, -0.2) is 24.6 Å². The van der Waals surface area contributed by atoms with Gasteiger partial charge >= 0.3 is 0 Å². The zero-order valence-corrected chi connectivity index (χ0v) is 39.3. The quantitative estimate of drug-likeness (QED) is 0.0545. The summed E-state index contributed by atoms with van der Waals surface area (Å²) in [6, 6.07) is 0.376. The lowest BCUT2D eigenvalue weighted by molar-refractivity contribution is 0.440. The Kier molecular flexibility index (Phi) is 30.4. The molecule has 314 valence electrons. The van der Waals surface area contributed by atoms with Crippen molar-refractivity contribution >= 4 is 18.3 Å². The summed E-state index contributed by atoms with van der Waals surface area (Å²) in [5, 5.41) is 10.4. The van der Waals surface area contributed by atoms with Gasteiger partial charge in [0.25, 0.3) is 0 Å². The Hall–Kier alpha value is -4.40. The molecular weight excluding hydrogens is 713 g/mol. The maximum Gasteiger partial charge on any atom is 0.0628 e. The van der Waals surface area contributed by atoms with Crippen molar-refractivity contribution in [2.24, 2.45) is 22.7 Å². The molecule has 0 aliphatic heterocycles. The van der Waals surface area contributed by atoms with Gasteiger partial charge in [-0.15, -0.1) is 6.58 Å². The Balaban J connectivity index is 0. The van der Waals surface area contributed by atoms with Crippen molar-refractivity contribution in [2.45, 2.75) is 121 Å². The van der Waals surface area contributed by atoms with Crippen LogP contribution in [0.2, 0.25) is 0 Å². The number of nitrogens with one attached hydrogen (secondary N) is 3. The predicted molar refractivity (Wildman–Crippen MR) is 263 cm³/mol. The maximum atomic E-state index is 4.60. The Bertz CT molecular complexity index is 1660. The molecule has 5 heteroatoms. The van der Waals surface area contributed by atoms with E-state index in [0.717, 1.165) is 71.8 Å². The van der Waals surface area contributed by atoms with E-state index in [-0.39, 0.29) is 5.92 Å². The fraction of sp³-hybridized carbons (Fsp3) is 0.442. The van der Waals surface area contributed by atoms with Gasteiger partial charge in [0.2, 0.25) is 0 Å². The highest BCUT2D eigenvalue weighted by Gasteiger charge is 2.23. The largest absolute Gasteiger partial charge is 0.384 e. The molecule has 3 aliphatic rings. The van der Waals surface area contributed by atoms with Crippen LogP contribution in [0.4, 0.5) is 0 Å². The topological polar surface area (TPSA) is 48.5 Å². The Morgan fingerprint density at radius 1 is 0.982 bits per heavy atom. The van der Waals surface area contributed by atoms with Crippen LogP contribution >= 0.6 is 12.6 Å². The van der Waals surface area contributed by atoms with Crippen LogP contribution in [0.1, 0.15) is 115 Å². The van der Waals surface area contributed by atoms with Crippen molar-refractivity contribution in [1.82, 2.24) is 16.0 Å². The standard InChI is InChI=1S/C27H39N3.C18H23N.C4H8.C2H6.CH4S/c1-10-21(6)29-26(12-3)24(9)28-18-19(4)15-13-14-16-20(5)23(8)30-27-17-25(11-2)22(27)7;1-5-15-6-9-17-10-7-16(12-15)8-11-18(17)19-14(4)13(2)3;1-4(2)3;2*1-2/h10-11,13-14,17,28,30H,4,7,9,12,15-16,18H2,1-3,5-6,8H3;5-6,9,12-13,16-19H,1,4,8,11H2,2-3H3;1H2,2-3H3;1-2H3;2H,1H3/b14-13?,21-10+,23-20+,25-11?,29-26?;9-6-,15-12-;;;. The normalized spacial score (nSPS) is 20.6. The monoisotopic (exact) mass is 793 g/mol. The first-order valence-electron chi connectivity index (χ1n) is 20.6. The van der Waals surface area contributed by atoms with Crippen molar-refractivity contribution < 1.29 is 0 Å². The average Bonchev–Trinajstić information content (AvgIpc) is 3.33. The number of allylic oxidation sites excluding steroid dienone is 16. The van der Waals surface area contributed by atoms with Gasteiger partial charge in [0.15, 0.2) is 0 Å². The number of fused-ring (bicyclic) bond motifs is 2. The van der Waals surface area contributed by atoms with E-state index in [2.05, 4.69) is 162 Å². The Morgan fingerprint density at radius 3 is 2.12 bits per heavy atom. The van der Waals surface area contributed by atoms with E-state index >= 15 is 0 Å². The molecule has 4 nitrogen and oxygen atoms in total. The van der Waals surface area contributed by atoms with E-state index in [1.54, 1.807) is 6.26 Å². The molecule has 3 rings (SSSR count). The summed E-state index contributed by atoms with van der Waals surface area (Å²) in [6.07, 6.45) is 25.6. The van der Waals surface area contributed by atoms with Crippen molar-refractivity contribution in [2.75, 3.05) is 12.8 Å². The predicted octanol–water partition coefficient (Wildman–Crippen LogP) is 14.0. The zero-order chi connectivity index (χ0) is 44.1. The first-order valence-corrected chi connectivity index (χ1v) is 21.5. The van der Waals surface area contributed by atoms with Crippen LogP contribution in [0, 0.1) is 29.6 Å². The summed E-state index contributed by atoms with van der Waals surface area (Å²) in [6.45, 7) is 49.3. The molecule has 3 unspecified atom stereocenters. The van der Waals surface area contributed by atoms with Gasteiger partial charge in [-0.1, -0.05) is 145 Å². The van der Waals surface area contributed by atoms with Gasteiger partial charge in [-0.25, -0.2) is 0 Å². The van der Waals surface area contributed by atoms with E-state index < -0.39 is 0 Å². The van der Waals surface area contributed by atoms with Crippen molar-refractivity contribution in [1.29, 1.82) is 0 Å². The molecule has 0 aromatic heterocycles. The zero-order valence-electron chi connectivity index (χ0n) is 38.4. The summed E-state index contributed by atoms with van der Waals surface area (Å²) in [5.74, 6) is 7.88. The summed E-state index contributed by atoms with van der Waals surface area (Å²) >= 11 is 3.53. The lowest BCUT2D eigenvalue weighted by Crippen LogP contribution is -2.35. The van der Waals surface area contributed by atoms with E-state index in [1.807, 2.05) is 60.6 Å². The molecule has 0 heterocycles. The second-order valence-electron chi connectivity index (χ2n) is 14.5. The second-order valence-corrected chi connectivity index (χ2v) is 14.5. The maximum absolute atomic E-state index is 4.60. The van der Waals surface area contributed by atoms with E-state index in [0.29, 0.717) is 24.4 Å². The number of thiol groups is 1. The number of rotatable bonds is 16. The third-order valence-corrected chi connectivity index (χ3v) is 9.06. The fourth-order valence-corrected chi connectivity index (χ4v) is 5.22. The molecule has 0 amide bonds. The van der Waals surface area contributed by atoms with Crippen LogP contribution in [-0.2, 0) is 0 Å². The molecule has 3 atom stereocenters. The van der Waals surface area contributed by atoms with Crippen molar-refractivity contribution in [3.63, 3.8) is 0 Å². The molecule has 0 saturated heterocycles. The third-order valence-electron chi connectivity index (χ3n) is 9.06. The van der Waals surface area contributed by atoms with Gasteiger partial charge < -0.3 is 16.0 Å².